The van der Waals surface area contributed by atoms with Crippen LogP contribution in [0.1, 0.15) is 132 Å². The Morgan fingerprint density at radius 3 is 2.32 bits per heavy atom. The fourth-order valence-electron chi connectivity index (χ4n) is 12.4. The summed E-state index contributed by atoms with van der Waals surface area (Å²) >= 11 is 0. The molecule has 7 heteroatoms. The third-order valence-corrected chi connectivity index (χ3v) is 15.2. The van der Waals surface area contributed by atoms with E-state index < -0.39 is 29.5 Å². The van der Waals surface area contributed by atoms with Gasteiger partial charge in [-0.3, -0.25) is 14.4 Å². The van der Waals surface area contributed by atoms with Crippen LogP contribution in [0.15, 0.2) is 33.2 Å². The van der Waals surface area contributed by atoms with E-state index in [0.717, 1.165) is 49.3 Å². The number of hydrogen-bond donors (Lipinski definition) is 1. The van der Waals surface area contributed by atoms with Crippen LogP contribution in [0.3, 0.4) is 0 Å². The van der Waals surface area contributed by atoms with Gasteiger partial charge in [0.15, 0.2) is 5.75 Å². The first kappa shape index (κ1) is 34.3. The summed E-state index contributed by atoms with van der Waals surface area (Å²) in [6.07, 6.45) is 14.7. The van der Waals surface area contributed by atoms with Gasteiger partial charge < -0.3 is 19.0 Å². The number of allylic oxidation sites excluding steroid dienone is 2. The fraction of sp³-hybridized carbons (Fsp3) is 0.775. The lowest BCUT2D eigenvalue weighted by Gasteiger charge is -2.64. The van der Waals surface area contributed by atoms with Gasteiger partial charge in [0.05, 0.1) is 0 Å². The van der Waals surface area contributed by atoms with Crippen LogP contribution in [-0.4, -0.2) is 23.1 Å². The molecular formula is C40H58O7. The molecule has 7 nitrogen and oxygen atoms in total. The fourth-order valence-corrected chi connectivity index (χ4v) is 12.4. The second-order valence-corrected chi connectivity index (χ2v) is 18.2. The van der Waals surface area contributed by atoms with E-state index in [2.05, 4.69) is 61.5 Å². The van der Waals surface area contributed by atoms with E-state index in [-0.39, 0.29) is 29.3 Å². The van der Waals surface area contributed by atoms with Crippen molar-refractivity contribution in [3.63, 3.8) is 0 Å². The van der Waals surface area contributed by atoms with Gasteiger partial charge in [0.25, 0.3) is 0 Å². The van der Waals surface area contributed by atoms with Gasteiger partial charge in [-0.25, -0.2) is 0 Å². The standard InChI is InChI=1S/C40H58O7/c1-24-13-17-40(8)31(36(24,2)3)14-16-38(6)21-25-9-11-30-37(4,5)33(15-18-39(30,7)27(25)10-12-32(38)40)47-35(44)20-34(43)46-22-26-19-28(41)29(42)23-45-26/h9,19,23-24,27,30-33,42H,10-18,20-22H2,1-8H3/t24-,27-,30-,31-,32-,33+,38-,39+,40-/m0/s1. The van der Waals surface area contributed by atoms with Crippen molar-refractivity contribution in [1.82, 2.24) is 0 Å². The minimum Gasteiger partial charge on any atom is -0.502 e. The summed E-state index contributed by atoms with van der Waals surface area (Å²) in [5, 5.41) is 9.34. The third-order valence-electron chi connectivity index (χ3n) is 15.2. The molecule has 0 bridgehead atoms. The third kappa shape index (κ3) is 5.69. The molecule has 1 N–H and O–H groups in total. The molecule has 0 radical (unpaired) electrons. The molecule has 0 spiro atoms. The first-order valence-corrected chi connectivity index (χ1v) is 18.3. The molecule has 1 aromatic heterocycles. The van der Waals surface area contributed by atoms with Crippen molar-refractivity contribution < 1.29 is 28.6 Å². The molecule has 1 aromatic rings. The highest BCUT2D eigenvalue weighted by molar-refractivity contribution is 5.91. The highest BCUT2D eigenvalue weighted by atomic mass is 16.6. The number of carbonyl (C=O) groups excluding carboxylic acids is 2. The molecule has 0 aromatic carbocycles. The number of hydrogen-bond acceptors (Lipinski definition) is 7. The predicted octanol–water partition coefficient (Wildman–Crippen LogP) is 8.76. The van der Waals surface area contributed by atoms with Gasteiger partial charge in [0.2, 0.25) is 5.43 Å². The molecule has 1 heterocycles. The van der Waals surface area contributed by atoms with Gasteiger partial charge >= 0.3 is 11.9 Å². The smallest absolute Gasteiger partial charge is 0.317 e. The molecule has 4 fully saturated rings. The van der Waals surface area contributed by atoms with Gasteiger partial charge in [0, 0.05) is 11.5 Å². The SMILES string of the molecule is C[C@H]1CC[C@@]2(C)[C@@H](CC[C@@]3(C)CC4=CC[C@H]5C(C)(C)[C@H](OC(=O)CC(=O)OCc6cc(=O)c(O)co6)CC[C@]5(C)[C@H]4CC[C@@H]32)C1(C)C. The summed E-state index contributed by atoms with van der Waals surface area (Å²) in [6.45, 7) is 19.6. The van der Waals surface area contributed by atoms with Crippen LogP contribution in [0.25, 0.3) is 0 Å². The molecule has 5 aliphatic carbocycles. The Balaban J connectivity index is 1.13. The molecule has 47 heavy (non-hydrogen) atoms. The maximum Gasteiger partial charge on any atom is 0.317 e. The molecule has 5 aliphatic rings. The minimum absolute atomic E-state index is 0.0878. The first-order chi connectivity index (χ1) is 21.9. The summed E-state index contributed by atoms with van der Waals surface area (Å²) in [5.41, 5.74) is 2.14. The van der Waals surface area contributed by atoms with Crippen molar-refractivity contribution in [3.8, 4) is 5.75 Å². The number of aromatic hydroxyl groups is 1. The maximum atomic E-state index is 13.0. The van der Waals surface area contributed by atoms with Crippen LogP contribution in [0.4, 0.5) is 0 Å². The first-order valence-electron chi connectivity index (χ1n) is 18.3. The zero-order valence-corrected chi connectivity index (χ0v) is 30.1. The van der Waals surface area contributed by atoms with Gasteiger partial charge in [0.1, 0.15) is 31.2 Å². The zero-order chi connectivity index (χ0) is 34.2. The van der Waals surface area contributed by atoms with Gasteiger partial charge in [-0.1, -0.05) is 67.0 Å². The lowest BCUT2D eigenvalue weighted by atomic mass is 9.41. The quantitative estimate of drug-likeness (QED) is 0.193. The van der Waals surface area contributed by atoms with Crippen LogP contribution in [-0.2, 0) is 25.7 Å². The highest BCUT2D eigenvalue weighted by Crippen LogP contribution is 2.71. The number of fused-ring (bicyclic) bond motifs is 6. The summed E-state index contributed by atoms with van der Waals surface area (Å²) in [7, 11) is 0. The summed E-state index contributed by atoms with van der Waals surface area (Å²) in [5.74, 6) is 1.52. The van der Waals surface area contributed by atoms with E-state index in [1.54, 1.807) is 5.57 Å². The Bertz CT molecular complexity index is 1490. The normalized spacial score (nSPS) is 40.3. The van der Waals surface area contributed by atoms with Gasteiger partial charge in [-0.2, -0.15) is 0 Å². The largest absolute Gasteiger partial charge is 0.502 e. The van der Waals surface area contributed by atoms with E-state index in [1.807, 2.05) is 0 Å². The lowest BCUT2D eigenvalue weighted by Crippen LogP contribution is -2.56. The zero-order valence-electron chi connectivity index (χ0n) is 30.1. The molecule has 9 atom stereocenters. The van der Waals surface area contributed by atoms with Crippen molar-refractivity contribution in [2.24, 2.45) is 56.7 Å². The van der Waals surface area contributed by atoms with Crippen LogP contribution in [0.2, 0.25) is 0 Å². The summed E-state index contributed by atoms with van der Waals surface area (Å²) in [6, 6.07) is 1.06. The van der Waals surface area contributed by atoms with E-state index in [4.69, 9.17) is 13.9 Å². The topological polar surface area (TPSA) is 103 Å². The highest BCUT2D eigenvalue weighted by Gasteiger charge is 2.63. The van der Waals surface area contributed by atoms with E-state index in [9.17, 15) is 19.5 Å². The summed E-state index contributed by atoms with van der Waals surface area (Å²) in [4.78, 5) is 37.0. The van der Waals surface area contributed by atoms with Crippen LogP contribution in [0, 0.1) is 56.7 Å². The van der Waals surface area contributed by atoms with Crippen molar-refractivity contribution in [2.45, 2.75) is 139 Å². The Kier molecular flexibility index (Phi) is 8.60. The molecule has 0 saturated heterocycles. The lowest BCUT2D eigenvalue weighted by molar-refractivity contribution is -0.177. The van der Waals surface area contributed by atoms with Crippen LogP contribution < -0.4 is 5.43 Å². The van der Waals surface area contributed by atoms with Crippen LogP contribution >= 0.6 is 0 Å². The van der Waals surface area contributed by atoms with Crippen molar-refractivity contribution >= 4 is 11.9 Å². The molecule has 6 rings (SSSR count). The summed E-state index contributed by atoms with van der Waals surface area (Å²) < 4.78 is 16.3. The van der Waals surface area contributed by atoms with Gasteiger partial charge in [-0.15, -0.1) is 0 Å². The molecule has 4 saturated carbocycles. The van der Waals surface area contributed by atoms with Crippen molar-refractivity contribution in [3.05, 3.63) is 40.0 Å². The van der Waals surface area contributed by atoms with Crippen molar-refractivity contribution in [1.29, 1.82) is 0 Å². The molecule has 0 unspecified atom stereocenters. The number of esters is 2. The second-order valence-electron chi connectivity index (χ2n) is 18.2. The Labute approximate surface area is 281 Å². The Hall–Kier alpha value is -2.57. The van der Waals surface area contributed by atoms with E-state index in [1.165, 1.54) is 44.9 Å². The Morgan fingerprint density at radius 2 is 1.60 bits per heavy atom. The maximum absolute atomic E-state index is 13.0. The van der Waals surface area contributed by atoms with Crippen molar-refractivity contribution in [2.75, 3.05) is 0 Å². The minimum atomic E-state index is -0.741. The monoisotopic (exact) mass is 650 g/mol. The molecule has 260 valence electrons. The average molecular weight is 651 g/mol. The number of rotatable bonds is 5. The molecular weight excluding hydrogens is 592 g/mol. The average Bonchev–Trinajstić information content (AvgIpc) is 3.14. The van der Waals surface area contributed by atoms with Gasteiger partial charge in [-0.05, 0) is 115 Å². The van der Waals surface area contributed by atoms with E-state index >= 15 is 0 Å². The van der Waals surface area contributed by atoms with Crippen LogP contribution in [0.5, 0.6) is 5.75 Å². The Morgan fingerprint density at radius 1 is 0.872 bits per heavy atom. The second kappa shape index (κ2) is 11.8. The number of ether oxygens (including phenoxy) is 2. The molecule has 0 aliphatic heterocycles. The van der Waals surface area contributed by atoms with E-state index in [0.29, 0.717) is 28.1 Å². The number of carbonyl (C=O) groups is 2. The molecule has 0 amide bonds. The predicted molar refractivity (Wildman–Crippen MR) is 180 cm³/mol.